The van der Waals surface area contributed by atoms with Gasteiger partial charge < -0.3 is 19.5 Å². The van der Waals surface area contributed by atoms with Gasteiger partial charge in [-0.05, 0) is 46.1 Å². The molecule has 2 aliphatic rings. The van der Waals surface area contributed by atoms with Crippen molar-refractivity contribution >= 4 is 5.91 Å². The minimum Gasteiger partial charge on any atom is -0.368 e. The van der Waals surface area contributed by atoms with Gasteiger partial charge in [0.05, 0.1) is 0 Å². The summed E-state index contributed by atoms with van der Waals surface area (Å²) >= 11 is 0. The van der Waals surface area contributed by atoms with E-state index in [0.717, 1.165) is 38.6 Å². The second kappa shape index (κ2) is 7.40. The van der Waals surface area contributed by atoms with Gasteiger partial charge in [0, 0.05) is 25.6 Å². The minimum absolute atomic E-state index is 0.0792. The highest BCUT2D eigenvalue weighted by molar-refractivity contribution is 5.81. The van der Waals surface area contributed by atoms with E-state index in [1.54, 1.807) is 0 Å². The first-order valence-corrected chi connectivity index (χ1v) is 8.61. The van der Waals surface area contributed by atoms with E-state index in [0.29, 0.717) is 24.7 Å². The van der Waals surface area contributed by atoms with E-state index in [1.807, 2.05) is 11.9 Å². The fraction of sp³-hybridized carbons (Fsp3) is 0.812. The SMILES string of the molecule is CNC(C)Cc1noc(C2CCCCN2C(=O)C2CCCO2)n1. The molecular formula is C16H26N4O3. The normalized spacial score (nSPS) is 26.4. The van der Waals surface area contributed by atoms with E-state index in [2.05, 4.69) is 22.4 Å². The number of nitrogens with zero attached hydrogens (tertiary/aromatic N) is 3. The molecule has 3 heterocycles. The first kappa shape index (κ1) is 16.4. The summed E-state index contributed by atoms with van der Waals surface area (Å²) in [6, 6.07) is 0.183. The summed E-state index contributed by atoms with van der Waals surface area (Å²) in [4.78, 5) is 19.1. The first-order chi connectivity index (χ1) is 11.2. The van der Waals surface area contributed by atoms with Crippen molar-refractivity contribution in [2.45, 2.75) is 63.6 Å². The number of nitrogens with one attached hydrogen (secondary N) is 1. The quantitative estimate of drug-likeness (QED) is 0.884. The zero-order valence-electron chi connectivity index (χ0n) is 14.0. The Labute approximate surface area is 136 Å². The molecule has 0 bridgehead atoms. The van der Waals surface area contributed by atoms with E-state index in [4.69, 9.17) is 9.26 Å². The average Bonchev–Trinajstić information content (AvgIpc) is 3.26. The molecule has 3 unspecified atom stereocenters. The molecular weight excluding hydrogens is 296 g/mol. The van der Waals surface area contributed by atoms with Crippen LogP contribution in [0.1, 0.15) is 56.8 Å². The monoisotopic (exact) mass is 322 g/mol. The Morgan fingerprint density at radius 2 is 2.26 bits per heavy atom. The van der Waals surface area contributed by atoms with Crippen LogP contribution >= 0.6 is 0 Å². The van der Waals surface area contributed by atoms with Crippen LogP contribution in [0.2, 0.25) is 0 Å². The molecule has 3 rings (SSSR count). The number of aromatic nitrogens is 2. The van der Waals surface area contributed by atoms with Crippen LogP contribution in [0.25, 0.3) is 0 Å². The Kier molecular flexibility index (Phi) is 5.27. The van der Waals surface area contributed by atoms with Gasteiger partial charge in [-0.15, -0.1) is 0 Å². The Balaban J connectivity index is 1.72. The second-order valence-corrected chi connectivity index (χ2v) is 6.49. The maximum absolute atomic E-state index is 12.7. The fourth-order valence-electron chi connectivity index (χ4n) is 3.27. The van der Waals surface area contributed by atoms with E-state index in [-0.39, 0.29) is 24.1 Å². The highest BCUT2D eigenvalue weighted by Crippen LogP contribution is 2.32. The topological polar surface area (TPSA) is 80.5 Å². The largest absolute Gasteiger partial charge is 0.368 e. The summed E-state index contributed by atoms with van der Waals surface area (Å²) < 4.78 is 11.0. The van der Waals surface area contributed by atoms with Gasteiger partial charge in [0.15, 0.2) is 5.82 Å². The van der Waals surface area contributed by atoms with Crippen molar-refractivity contribution in [1.82, 2.24) is 20.4 Å². The summed E-state index contributed by atoms with van der Waals surface area (Å²) in [7, 11) is 1.91. The number of likely N-dealkylation sites (tertiary alicyclic amines) is 1. The van der Waals surface area contributed by atoms with Crippen LogP contribution in [-0.2, 0) is 16.0 Å². The number of amides is 1. The van der Waals surface area contributed by atoms with Gasteiger partial charge >= 0.3 is 0 Å². The van der Waals surface area contributed by atoms with Crippen molar-refractivity contribution in [1.29, 1.82) is 0 Å². The van der Waals surface area contributed by atoms with Crippen molar-refractivity contribution in [2.75, 3.05) is 20.2 Å². The molecule has 128 valence electrons. The van der Waals surface area contributed by atoms with Crippen LogP contribution in [0.15, 0.2) is 4.52 Å². The Morgan fingerprint density at radius 3 is 3.00 bits per heavy atom. The molecule has 0 radical (unpaired) electrons. The summed E-state index contributed by atoms with van der Waals surface area (Å²) in [6.07, 6.45) is 5.17. The number of ether oxygens (including phenoxy) is 1. The summed E-state index contributed by atoms with van der Waals surface area (Å²) in [6.45, 7) is 3.50. The molecule has 0 spiro atoms. The Bertz CT molecular complexity index is 527. The van der Waals surface area contributed by atoms with Crippen molar-refractivity contribution in [3.05, 3.63) is 11.7 Å². The molecule has 1 N–H and O–H groups in total. The van der Waals surface area contributed by atoms with Crippen LogP contribution in [0.3, 0.4) is 0 Å². The first-order valence-electron chi connectivity index (χ1n) is 8.61. The molecule has 23 heavy (non-hydrogen) atoms. The standard InChI is InChI=1S/C16H26N4O3/c1-11(17-2)10-14-18-15(23-19-14)12-6-3-4-8-20(12)16(21)13-7-5-9-22-13/h11-13,17H,3-10H2,1-2H3. The molecule has 2 fully saturated rings. The number of hydrogen-bond acceptors (Lipinski definition) is 6. The van der Waals surface area contributed by atoms with Crippen LogP contribution < -0.4 is 5.32 Å². The Hall–Kier alpha value is -1.47. The third-order valence-electron chi connectivity index (χ3n) is 4.74. The molecule has 7 nitrogen and oxygen atoms in total. The molecule has 2 saturated heterocycles. The molecule has 2 aliphatic heterocycles. The summed E-state index contributed by atoms with van der Waals surface area (Å²) in [5.74, 6) is 1.34. The van der Waals surface area contributed by atoms with Crippen molar-refractivity contribution in [3.8, 4) is 0 Å². The van der Waals surface area contributed by atoms with Crippen molar-refractivity contribution in [3.63, 3.8) is 0 Å². The van der Waals surface area contributed by atoms with Crippen molar-refractivity contribution in [2.24, 2.45) is 0 Å². The molecule has 0 aromatic carbocycles. The van der Waals surface area contributed by atoms with Gasteiger partial charge in [-0.2, -0.15) is 4.98 Å². The van der Waals surface area contributed by atoms with Crippen LogP contribution in [0.5, 0.6) is 0 Å². The number of piperidine rings is 1. The number of likely N-dealkylation sites (N-methyl/N-ethyl adjacent to an activating group) is 1. The zero-order valence-corrected chi connectivity index (χ0v) is 14.0. The van der Waals surface area contributed by atoms with Gasteiger partial charge in [-0.3, -0.25) is 4.79 Å². The van der Waals surface area contributed by atoms with Gasteiger partial charge in [0.2, 0.25) is 5.89 Å². The summed E-state index contributed by atoms with van der Waals surface area (Å²) in [5, 5.41) is 7.24. The lowest BCUT2D eigenvalue weighted by atomic mass is 10.0. The third kappa shape index (κ3) is 3.72. The lowest BCUT2D eigenvalue weighted by molar-refractivity contribution is -0.145. The van der Waals surface area contributed by atoms with E-state index >= 15 is 0 Å². The van der Waals surface area contributed by atoms with Crippen molar-refractivity contribution < 1.29 is 14.1 Å². The van der Waals surface area contributed by atoms with Gasteiger partial charge in [0.25, 0.3) is 5.91 Å². The van der Waals surface area contributed by atoms with Gasteiger partial charge in [-0.1, -0.05) is 5.16 Å². The molecule has 7 heteroatoms. The number of carbonyl (C=O) groups excluding carboxylic acids is 1. The second-order valence-electron chi connectivity index (χ2n) is 6.49. The molecule has 1 amide bonds. The maximum Gasteiger partial charge on any atom is 0.252 e. The molecule has 1 aromatic rings. The molecule has 0 saturated carbocycles. The smallest absolute Gasteiger partial charge is 0.252 e. The van der Waals surface area contributed by atoms with Crippen LogP contribution in [0, 0.1) is 0 Å². The average molecular weight is 322 g/mol. The third-order valence-corrected chi connectivity index (χ3v) is 4.74. The van der Waals surface area contributed by atoms with Gasteiger partial charge in [0.1, 0.15) is 12.1 Å². The Morgan fingerprint density at radius 1 is 1.39 bits per heavy atom. The number of carbonyl (C=O) groups is 1. The maximum atomic E-state index is 12.7. The lowest BCUT2D eigenvalue weighted by Crippen LogP contribution is -2.44. The van der Waals surface area contributed by atoms with Crippen LogP contribution in [0.4, 0.5) is 0 Å². The minimum atomic E-state index is -0.290. The lowest BCUT2D eigenvalue weighted by Gasteiger charge is -2.34. The summed E-state index contributed by atoms with van der Waals surface area (Å²) in [5.41, 5.74) is 0. The predicted molar refractivity (Wildman–Crippen MR) is 83.8 cm³/mol. The van der Waals surface area contributed by atoms with E-state index in [1.165, 1.54) is 0 Å². The molecule has 0 aliphatic carbocycles. The number of rotatable bonds is 5. The van der Waals surface area contributed by atoms with Gasteiger partial charge in [-0.25, -0.2) is 0 Å². The molecule has 1 aromatic heterocycles. The van der Waals surface area contributed by atoms with E-state index in [9.17, 15) is 4.79 Å². The van der Waals surface area contributed by atoms with Crippen LogP contribution in [-0.4, -0.2) is 53.3 Å². The predicted octanol–water partition coefficient (Wildman–Crippen LogP) is 1.45. The fourth-order valence-corrected chi connectivity index (χ4v) is 3.27. The zero-order chi connectivity index (χ0) is 16.2. The molecule has 3 atom stereocenters. The van der Waals surface area contributed by atoms with E-state index < -0.39 is 0 Å². The highest BCUT2D eigenvalue weighted by atomic mass is 16.5. The highest BCUT2D eigenvalue weighted by Gasteiger charge is 2.36. The number of hydrogen-bond donors (Lipinski definition) is 1.